The minimum atomic E-state index is -0.283. The molecule has 2 N–H and O–H groups in total. The van der Waals surface area contributed by atoms with E-state index in [-0.39, 0.29) is 42.6 Å². The second-order valence-electron chi connectivity index (χ2n) is 7.56. The van der Waals surface area contributed by atoms with Crippen LogP contribution in [-0.4, -0.2) is 60.7 Å². The lowest BCUT2D eigenvalue weighted by molar-refractivity contribution is -0.123. The molecule has 2 fully saturated rings. The van der Waals surface area contributed by atoms with Crippen molar-refractivity contribution in [3.05, 3.63) is 50.1 Å². The zero-order valence-electron chi connectivity index (χ0n) is 16.8. The average molecular weight is 505 g/mol. The summed E-state index contributed by atoms with van der Waals surface area (Å²) >= 11 is 4.68. The van der Waals surface area contributed by atoms with Crippen molar-refractivity contribution in [1.29, 1.82) is 0 Å². The SMILES string of the molecule is Cc1cc(N2CC(NC(=O)c3ccc(Br)s3)CC2=O)ccc1C(=O)N1CCNC(=O)C1. The van der Waals surface area contributed by atoms with Crippen LogP contribution >= 0.6 is 27.3 Å². The Balaban J connectivity index is 1.44. The molecular weight excluding hydrogens is 484 g/mol. The fourth-order valence-electron chi connectivity index (χ4n) is 3.78. The number of amides is 4. The molecule has 0 aliphatic carbocycles. The van der Waals surface area contributed by atoms with Crippen LogP contribution in [0.4, 0.5) is 5.69 Å². The van der Waals surface area contributed by atoms with Crippen LogP contribution in [0.3, 0.4) is 0 Å². The monoisotopic (exact) mass is 504 g/mol. The first kappa shape index (κ1) is 21.5. The van der Waals surface area contributed by atoms with Gasteiger partial charge in [-0.15, -0.1) is 11.3 Å². The number of hydrogen-bond donors (Lipinski definition) is 2. The Morgan fingerprint density at radius 3 is 2.71 bits per heavy atom. The molecule has 8 nitrogen and oxygen atoms in total. The number of carbonyl (C=O) groups is 4. The van der Waals surface area contributed by atoms with Crippen molar-refractivity contribution in [3.63, 3.8) is 0 Å². The summed E-state index contributed by atoms with van der Waals surface area (Å²) in [6.07, 6.45) is 0.223. The second kappa shape index (κ2) is 8.80. The van der Waals surface area contributed by atoms with Gasteiger partial charge in [0.05, 0.1) is 21.3 Å². The maximum Gasteiger partial charge on any atom is 0.261 e. The molecule has 2 aliphatic heterocycles. The van der Waals surface area contributed by atoms with Gasteiger partial charge in [-0.1, -0.05) is 0 Å². The van der Waals surface area contributed by atoms with Crippen LogP contribution in [0.5, 0.6) is 0 Å². The number of anilines is 1. The molecule has 162 valence electrons. The molecule has 3 heterocycles. The predicted octanol–water partition coefficient (Wildman–Crippen LogP) is 1.93. The summed E-state index contributed by atoms with van der Waals surface area (Å²) in [6, 6.07) is 8.51. The lowest BCUT2D eigenvalue weighted by Gasteiger charge is -2.27. The van der Waals surface area contributed by atoms with E-state index >= 15 is 0 Å². The fraction of sp³-hybridized carbons (Fsp3) is 0.333. The number of aryl methyl sites for hydroxylation is 1. The first-order valence-corrected chi connectivity index (χ1v) is 11.5. The van der Waals surface area contributed by atoms with Crippen molar-refractivity contribution in [2.45, 2.75) is 19.4 Å². The first-order valence-electron chi connectivity index (χ1n) is 9.85. The third kappa shape index (κ3) is 4.64. The molecule has 0 radical (unpaired) electrons. The van der Waals surface area contributed by atoms with E-state index in [2.05, 4.69) is 26.6 Å². The van der Waals surface area contributed by atoms with Crippen LogP contribution in [0.2, 0.25) is 0 Å². The van der Waals surface area contributed by atoms with E-state index in [1.807, 2.05) is 13.0 Å². The summed E-state index contributed by atoms with van der Waals surface area (Å²) in [5, 5.41) is 5.62. The molecule has 0 saturated carbocycles. The molecule has 1 unspecified atom stereocenters. The van der Waals surface area contributed by atoms with E-state index in [4.69, 9.17) is 0 Å². The van der Waals surface area contributed by atoms with E-state index in [1.165, 1.54) is 16.2 Å². The standard InChI is InChI=1S/C21H21BrN4O4S/c1-12-8-14(2-3-15(12)21(30)25-7-6-23-18(27)11-25)26-10-13(9-19(26)28)24-20(29)16-4-5-17(22)31-16/h2-5,8,13H,6-7,9-11H2,1H3,(H,23,27)(H,24,29). The highest BCUT2D eigenvalue weighted by Gasteiger charge is 2.32. The number of halogens is 1. The number of nitrogens with zero attached hydrogens (tertiary/aromatic N) is 2. The van der Waals surface area contributed by atoms with Gasteiger partial charge in [-0.25, -0.2) is 0 Å². The largest absolute Gasteiger partial charge is 0.353 e. The first-order chi connectivity index (χ1) is 14.8. The van der Waals surface area contributed by atoms with Gasteiger partial charge < -0.3 is 20.4 Å². The minimum absolute atomic E-state index is 0.0484. The van der Waals surface area contributed by atoms with E-state index in [0.29, 0.717) is 35.8 Å². The van der Waals surface area contributed by atoms with E-state index in [9.17, 15) is 19.2 Å². The molecule has 4 rings (SSSR count). The van der Waals surface area contributed by atoms with Crippen LogP contribution in [-0.2, 0) is 9.59 Å². The fourth-order valence-corrected chi connectivity index (χ4v) is 5.07. The lowest BCUT2D eigenvalue weighted by atomic mass is 10.1. The summed E-state index contributed by atoms with van der Waals surface area (Å²) in [5.74, 6) is -0.639. The molecule has 10 heteroatoms. The number of hydrogen-bond acceptors (Lipinski definition) is 5. The zero-order chi connectivity index (χ0) is 22.1. The Morgan fingerprint density at radius 2 is 2.03 bits per heavy atom. The Hall–Kier alpha value is -2.72. The lowest BCUT2D eigenvalue weighted by Crippen LogP contribution is -2.50. The van der Waals surface area contributed by atoms with Crippen molar-refractivity contribution < 1.29 is 19.2 Å². The molecule has 31 heavy (non-hydrogen) atoms. The number of thiophene rings is 1. The van der Waals surface area contributed by atoms with Crippen LogP contribution in [0.25, 0.3) is 0 Å². The second-order valence-corrected chi connectivity index (χ2v) is 10.0. The summed E-state index contributed by atoms with van der Waals surface area (Å²) in [5.41, 5.74) is 1.93. The van der Waals surface area contributed by atoms with Gasteiger partial charge in [-0.3, -0.25) is 19.2 Å². The average Bonchev–Trinajstić information content (AvgIpc) is 3.33. The van der Waals surface area contributed by atoms with Gasteiger partial charge in [0, 0.05) is 37.3 Å². The topological polar surface area (TPSA) is 98.8 Å². The highest BCUT2D eigenvalue weighted by atomic mass is 79.9. The smallest absolute Gasteiger partial charge is 0.261 e. The highest BCUT2D eigenvalue weighted by molar-refractivity contribution is 9.11. The normalized spacial score (nSPS) is 18.8. The molecule has 0 spiro atoms. The van der Waals surface area contributed by atoms with Crippen molar-refractivity contribution in [2.75, 3.05) is 31.1 Å². The van der Waals surface area contributed by atoms with Crippen molar-refractivity contribution in [1.82, 2.24) is 15.5 Å². The van der Waals surface area contributed by atoms with Crippen LogP contribution < -0.4 is 15.5 Å². The van der Waals surface area contributed by atoms with Gasteiger partial charge in [0.2, 0.25) is 11.8 Å². The maximum absolute atomic E-state index is 12.8. The van der Waals surface area contributed by atoms with Crippen molar-refractivity contribution in [3.8, 4) is 0 Å². The molecule has 1 aromatic heterocycles. The number of benzene rings is 1. The zero-order valence-corrected chi connectivity index (χ0v) is 19.2. The van der Waals surface area contributed by atoms with E-state index < -0.39 is 0 Å². The Bertz CT molecular complexity index is 1070. The van der Waals surface area contributed by atoms with Gasteiger partial charge in [0.1, 0.15) is 0 Å². The number of nitrogens with one attached hydrogen (secondary N) is 2. The summed E-state index contributed by atoms with van der Waals surface area (Å²) < 4.78 is 0.872. The molecular formula is C21H21BrN4O4S. The van der Waals surface area contributed by atoms with Crippen molar-refractivity contribution >= 4 is 56.6 Å². The van der Waals surface area contributed by atoms with Crippen LogP contribution in [0.1, 0.15) is 32.0 Å². The summed E-state index contributed by atoms with van der Waals surface area (Å²) in [4.78, 5) is 53.1. The van der Waals surface area contributed by atoms with Gasteiger partial charge >= 0.3 is 0 Å². The van der Waals surface area contributed by atoms with E-state index in [1.54, 1.807) is 29.2 Å². The molecule has 1 atom stereocenters. The Morgan fingerprint density at radius 1 is 1.23 bits per heavy atom. The predicted molar refractivity (Wildman–Crippen MR) is 120 cm³/mol. The number of piperazine rings is 1. The van der Waals surface area contributed by atoms with Crippen molar-refractivity contribution in [2.24, 2.45) is 0 Å². The molecule has 2 aliphatic rings. The quantitative estimate of drug-likeness (QED) is 0.664. The maximum atomic E-state index is 12.8. The third-order valence-corrected chi connectivity index (χ3v) is 6.96. The van der Waals surface area contributed by atoms with Gasteiger partial charge in [0.15, 0.2) is 0 Å². The van der Waals surface area contributed by atoms with Gasteiger partial charge in [0.25, 0.3) is 11.8 Å². The Kier molecular flexibility index (Phi) is 6.10. The van der Waals surface area contributed by atoms with Gasteiger partial charge in [-0.2, -0.15) is 0 Å². The molecule has 1 aromatic carbocycles. The van der Waals surface area contributed by atoms with E-state index in [0.717, 1.165) is 9.35 Å². The molecule has 0 bridgehead atoms. The van der Waals surface area contributed by atoms with Gasteiger partial charge in [-0.05, 0) is 58.7 Å². The Labute approximate surface area is 191 Å². The molecule has 2 saturated heterocycles. The van der Waals surface area contributed by atoms with Crippen LogP contribution in [0, 0.1) is 6.92 Å². The summed E-state index contributed by atoms with van der Waals surface area (Å²) in [6.45, 7) is 3.15. The number of carbonyl (C=O) groups excluding carboxylic acids is 4. The van der Waals surface area contributed by atoms with Crippen LogP contribution in [0.15, 0.2) is 34.1 Å². The molecule has 4 amide bonds. The third-order valence-electron chi connectivity index (χ3n) is 5.33. The molecule has 2 aromatic rings. The highest BCUT2D eigenvalue weighted by Crippen LogP contribution is 2.26. The minimum Gasteiger partial charge on any atom is -0.353 e. The number of rotatable bonds is 4. The summed E-state index contributed by atoms with van der Waals surface area (Å²) in [7, 11) is 0.